The number of carbonyl (C=O) groups is 2. The van der Waals surface area contributed by atoms with E-state index in [9.17, 15) is 9.59 Å². The van der Waals surface area contributed by atoms with Crippen molar-refractivity contribution in [2.75, 3.05) is 39.8 Å². The van der Waals surface area contributed by atoms with Crippen molar-refractivity contribution in [3.05, 3.63) is 0 Å². The molecule has 1 aliphatic heterocycles. The highest BCUT2D eigenvalue weighted by atomic mass is 16.5. The molecular weight excluding hydrogens is 212 g/mol. The van der Waals surface area contributed by atoms with Gasteiger partial charge in [-0.2, -0.15) is 0 Å². The predicted octanol–water partition coefficient (Wildman–Crippen LogP) is -0.750. The topological polar surface area (TPSA) is 70.1 Å². The summed E-state index contributed by atoms with van der Waals surface area (Å²) in [4.78, 5) is 25.3. The summed E-state index contributed by atoms with van der Waals surface area (Å²) in [6, 6.07) is -0.0289. The van der Waals surface area contributed by atoms with E-state index in [0.29, 0.717) is 6.54 Å². The molecule has 16 heavy (non-hydrogen) atoms. The van der Waals surface area contributed by atoms with Crippen LogP contribution in [0.1, 0.15) is 6.92 Å². The van der Waals surface area contributed by atoms with Crippen LogP contribution in [0.3, 0.4) is 0 Å². The number of hydrogen-bond acceptors (Lipinski definition) is 5. The number of esters is 1. The van der Waals surface area contributed by atoms with Gasteiger partial charge in [0.05, 0.1) is 12.6 Å². The minimum absolute atomic E-state index is 0.000227. The molecule has 6 nitrogen and oxygen atoms in total. The Labute approximate surface area is 94.8 Å². The van der Waals surface area contributed by atoms with Gasteiger partial charge in [-0.25, -0.2) is 0 Å². The lowest BCUT2D eigenvalue weighted by atomic mass is 10.2. The third-order valence-electron chi connectivity index (χ3n) is 2.63. The first-order valence-corrected chi connectivity index (χ1v) is 5.27. The highest BCUT2D eigenvalue weighted by Gasteiger charge is 2.27. The van der Waals surface area contributed by atoms with E-state index < -0.39 is 5.97 Å². The lowest BCUT2D eigenvalue weighted by Crippen LogP contribution is -2.55. The summed E-state index contributed by atoms with van der Waals surface area (Å²) < 4.78 is 4.94. The summed E-state index contributed by atoms with van der Waals surface area (Å²) in [6.45, 7) is 3.86. The smallest absolute Gasteiger partial charge is 0.317 e. The fourth-order valence-electron chi connectivity index (χ4n) is 1.80. The Morgan fingerprint density at radius 2 is 2.12 bits per heavy atom. The minimum Gasteiger partial charge on any atom is -0.480 e. The van der Waals surface area contributed by atoms with Crippen molar-refractivity contribution < 1.29 is 19.4 Å². The van der Waals surface area contributed by atoms with Gasteiger partial charge in [0.1, 0.15) is 6.61 Å². The van der Waals surface area contributed by atoms with Crippen molar-refractivity contribution in [3.8, 4) is 0 Å². The average Bonchev–Trinajstić information content (AvgIpc) is 2.17. The fraction of sp³-hybridized carbons (Fsp3) is 0.800. The normalized spacial score (nSPS) is 23.0. The standard InChI is InChI=1S/C10H18N2O4/c1-8(13)16-7-9-5-11(2)3-4-12(9)6-10(14)15/h9H,3-7H2,1-2H3,(H,14,15). The SMILES string of the molecule is CC(=O)OCC1CN(C)CCN1CC(=O)O. The molecule has 6 heteroatoms. The van der Waals surface area contributed by atoms with Crippen molar-refractivity contribution in [1.29, 1.82) is 0 Å². The van der Waals surface area contributed by atoms with E-state index in [0.717, 1.165) is 13.1 Å². The average molecular weight is 230 g/mol. The summed E-state index contributed by atoms with van der Waals surface area (Å²) in [7, 11) is 1.97. The molecule has 1 atom stereocenters. The van der Waals surface area contributed by atoms with Crippen LogP contribution in [0.5, 0.6) is 0 Å². The van der Waals surface area contributed by atoms with Gasteiger partial charge in [0.25, 0.3) is 0 Å². The fourth-order valence-corrected chi connectivity index (χ4v) is 1.80. The Balaban J connectivity index is 2.50. The molecule has 1 aliphatic rings. The number of carboxylic acids is 1. The number of aliphatic carboxylic acids is 1. The van der Waals surface area contributed by atoms with Gasteiger partial charge in [-0.15, -0.1) is 0 Å². The van der Waals surface area contributed by atoms with Crippen LogP contribution in [0.25, 0.3) is 0 Å². The van der Waals surface area contributed by atoms with Crippen LogP contribution in [0, 0.1) is 0 Å². The van der Waals surface area contributed by atoms with Crippen LogP contribution in [-0.2, 0) is 14.3 Å². The summed E-state index contributed by atoms with van der Waals surface area (Å²) in [5.41, 5.74) is 0. The molecule has 1 unspecified atom stereocenters. The van der Waals surface area contributed by atoms with Crippen LogP contribution in [0.15, 0.2) is 0 Å². The highest BCUT2D eigenvalue weighted by Crippen LogP contribution is 2.08. The largest absolute Gasteiger partial charge is 0.480 e. The van der Waals surface area contributed by atoms with Crippen molar-refractivity contribution in [2.24, 2.45) is 0 Å². The zero-order valence-electron chi connectivity index (χ0n) is 9.68. The van der Waals surface area contributed by atoms with Crippen molar-refractivity contribution in [3.63, 3.8) is 0 Å². The van der Waals surface area contributed by atoms with Gasteiger partial charge >= 0.3 is 11.9 Å². The molecule has 92 valence electrons. The van der Waals surface area contributed by atoms with E-state index in [2.05, 4.69) is 4.90 Å². The monoisotopic (exact) mass is 230 g/mol. The first-order valence-electron chi connectivity index (χ1n) is 5.27. The van der Waals surface area contributed by atoms with Gasteiger partial charge in [0.15, 0.2) is 0 Å². The van der Waals surface area contributed by atoms with Gasteiger partial charge in [0.2, 0.25) is 0 Å². The molecule has 0 spiro atoms. The molecule has 0 aromatic rings. The molecule has 1 rings (SSSR count). The molecule has 0 amide bonds. The van der Waals surface area contributed by atoms with Crippen LogP contribution in [-0.4, -0.2) is 72.7 Å². The molecule has 0 radical (unpaired) electrons. The van der Waals surface area contributed by atoms with Crippen LogP contribution < -0.4 is 0 Å². The summed E-state index contributed by atoms with van der Waals surface area (Å²) in [6.07, 6.45) is 0. The third-order valence-corrected chi connectivity index (χ3v) is 2.63. The van der Waals surface area contributed by atoms with Crippen LogP contribution >= 0.6 is 0 Å². The maximum atomic E-state index is 10.7. The molecule has 1 heterocycles. The quantitative estimate of drug-likeness (QED) is 0.641. The van der Waals surface area contributed by atoms with Crippen molar-refractivity contribution >= 4 is 11.9 Å². The lowest BCUT2D eigenvalue weighted by molar-refractivity contribution is -0.145. The second-order valence-corrected chi connectivity index (χ2v) is 4.08. The number of hydrogen-bond donors (Lipinski definition) is 1. The zero-order chi connectivity index (χ0) is 12.1. The molecular formula is C10H18N2O4. The number of nitrogens with zero attached hydrogens (tertiary/aromatic N) is 2. The summed E-state index contributed by atoms with van der Waals surface area (Å²) >= 11 is 0. The number of carbonyl (C=O) groups excluding carboxylic acids is 1. The number of rotatable bonds is 4. The van der Waals surface area contributed by atoms with E-state index in [1.54, 1.807) is 0 Å². The van der Waals surface area contributed by atoms with Crippen LogP contribution in [0.2, 0.25) is 0 Å². The minimum atomic E-state index is -0.850. The molecule has 0 aromatic heterocycles. The lowest BCUT2D eigenvalue weighted by Gasteiger charge is -2.38. The van der Waals surface area contributed by atoms with Crippen molar-refractivity contribution in [1.82, 2.24) is 9.80 Å². The molecule has 0 saturated carbocycles. The Morgan fingerprint density at radius 1 is 1.44 bits per heavy atom. The van der Waals surface area contributed by atoms with Crippen LogP contribution in [0.4, 0.5) is 0 Å². The predicted molar refractivity (Wildman–Crippen MR) is 57.1 cm³/mol. The zero-order valence-corrected chi connectivity index (χ0v) is 9.68. The Kier molecular flexibility index (Phi) is 4.70. The van der Waals surface area contributed by atoms with E-state index >= 15 is 0 Å². The number of likely N-dealkylation sites (N-methyl/N-ethyl adjacent to an activating group) is 1. The number of ether oxygens (including phenoxy) is 1. The Bertz CT molecular complexity index is 270. The van der Waals surface area contributed by atoms with E-state index in [4.69, 9.17) is 9.84 Å². The second kappa shape index (κ2) is 5.81. The second-order valence-electron chi connectivity index (χ2n) is 4.08. The molecule has 0 aromatic carbocycles. The maximum Gasteiger partial charge on any atom is 0.317 e. The van der Waals surface area contributed by atoms with Gasteiger partial charge in [0, 0.05) is 26.6 Å². The van der Waals surface area contributed by atoms with Gasteiger partial charge in [-0.05, 0) is 7.05 Å². The molecule has 1 fully saturated rings. The van der Waals surface area contributed by atoms with E-state index in [-0.39, 0.29) is 25.2 Å². The molecule has 0 aliphatic carbocycles. The van der Waals surface area contributed by atoms with Gasteiger partial charge < -0.3 is 14.7 Å². The summed E-state index contributed by atoms with van der Waals surface area (Å²) in [5.74, 6) is -1.18. The number of piperazine rings is 1. The van der Waals surface area contributed by atoms with E-state index in [1.807, 2.05) is 11.9 Å². The van der Waals surface area contributed by atoms with Gasteiger partial charge in [-0.1, -0.05) is 0 Å². The van der Waals surface area contributed by atoms with Crippen molar-refractivity contribution in [2.45, 2.75) is 13.0 Å². The first-order chi connectivity index (χ1) is 7.49. The number of carboxylic acid groups (broad SMARTS) is 1. The molecule has 1 N–H and O–H groups in total. The van der Waals surface area contributed by atoms with E-state index in [1.165, 1.54) is 6.92 Å². The van der Waals surface area contributed by atoms with Gasteiger partial charge in [-0.3, -0.25) is 14.5 Å². The molecule has 0 bridgehead atoms. The highest BCUT2D eigenvalue weighted by molar-refractivity contribution is 5.69. The first kappa shape index (κ1) is 12.9. The third kappa shape index (κ3) is 4.16. The summed E-state index contributed by atoms with van der Waals surface area (Å²) in [5, 5.41) is 8.76. The Hall–Kier alpha value is -1.14. The maximum absolute atomic E-state index is 10.7. The molecule has 1 saturated heterocycles. The Morgan fingerprint density at radius 3 is 2.69 bits per heavy atom.